The molecule has 3 rings (SSSR count). The topological polar surface area (TPSA) is 80.5 Å². The van der Waals surface area contributed by atoms with E-state index in [1.54, 1.807) is 36.4 Å². The third kappa shape index (κ3) is 2.93. The molecule has 2 aromatic rings. The minimum absolute atomic E-state index is 0.111. The fourth-order valence-electron chi connectivity index (χ4n) is 2.37. The maximum absolute atomic E-state index is 12.6. The van der Waals surface area contributed by atoms with Crippen LogP contribution >= 0.6 is 11.8 Å². The molecule has 0 unspecified atom stereocenters. The van der Waals surface area contributed by atoms with Gasteiger partial charge in [-0.25, -0.2) is 4.90 Å². The summed E-state index contributed by atoms with van der Waals surface area (Å²) >= 11 is 0.774. The van der Waals surface area contributed by atoms with Crippen LogP contribution in [0.2, 0.25) is 0 Å². The number of aryl methyl sites for hydroxylation is 1. The van der Waals surface area contributed by atoms with Gasteiger partial charge in [-0.15, -0.1) is 0 Å². The van der Waals surface area contributed by atoms with Crippen LogP contribution < -0.4 is 4.90 Å². The van der Waals surface area contributed by atoms with Crippen molar-refractivity contribution in [1.82, 2.24) is 0 Å². The summed E-state index contributed by atoms with van der Waals surface area (Å²) in [6.07, 6.45) is 1.39. The Morgan fingerprint density at radius 3 is 2.58 bits per heavy atom. The summed E-state index contributed by atoms with van der Waals surface area (Å²) in [5.41, 5.74) is 1.59. The fraction of sp³-hybridized carbons (Fsp3) is 0.0588. The van der Waals surface area contributed by atoms with E-state index >= 15 is 0 Å². The summed E-state index contributed by atoms with van der Waals surface area (Å²) in [7, 11) is 0. The SMILES string of the molecule is Cc1cccc(N2C(=O)S/C(=C\c3ccccc3[N+](=O)[O-])C2=O)c1. The predicted octanol–water partition coefficient (Wildman–Crippen LogP) is 4.14. The minimum atomic E-state index is -0.517. The van der Waals surface area contributed by atoms with Crippen LogP contribution in [0.3, 0.4) is 0 Å². The van der Waals surface area contributed by atoms with Crippen LogP contribution in [0.25, 0.3) is 6.08 Å². The van der Waals surface area contributed by atoms with E-state index in [2.05, 4.69) is 0 Å². The first-order valence-corrected chi connectivity index (χ1v) is 7.87. The lowest BCUT2D eigenvalue weighted by atomic mass is 10.1. The number of benzene rings is 2. The third-order valence-corrected chi connectivity index (χ3v) is 4.34. The van der Waals surface area contributed by atoms with Crippen LogP contribution in [-0.2, 0) is 4.79 Å². The second-order valence-corrected chi connectivity index (χ2v) is 6.17. The number of para-hydroxylation sites is 1. The number of hydrogen-bond donors (Lipinski definition) is 0. The van der Waals surface area contributed by atoms with E-state index in [4.69, 9.17) is 0 Å². The Balaban J connectivity index is 1.99. The average molecular weight is 340 g/mol. The third-order valence-electron chi connectivity index (χ3n) is 3.47. The first-order chi connectivity index (χ1) is 11.5. The molecule has 1 saturated heterocycles. The maximum Gasteiger partial charge on any atom is 0.298 e. The van der Waals surface area contributed by atoms with Gasteiger partial charge in [-0.2, -0.15) is 0 Å². The highest BCUT2D eigenvalue weighted by molar-refractivity contribution is 8.19. The van der Waals surface area contributed by atoms with Gasteiger partial charge < -0.3 is 0 Å². The summed E-state index contributed by atoms with van der Waals surface area (Å²) in [6.45, 7) is 1.87. The minimum Gasteiger partial charge on any atom is -0.268 e. The Morgan fingerprint density at radius 1 is 1.12 bits per heavy atom. The number of hydrogen-bond acceptors (Lipinski definition) is 5. The molecule has 2 aromatic carbocycles. The Bertz CT molecular complexity index is 892. The van der Waals surface area contributed by atoms with E-state index in [1.165, 1.54) is 12.1 Å². The van der Waals surface area contributed by atoms with Gasteiger partial charge in [0.2, 0.25) is 0 Å². The average Bonchev–Trinajstić information content (AvgIpc) is 2.81. The van der Waals surface area contributed by atoms with Gasteiger partial charge >= 0.3 is 0 Å². The number of nitrogens with zero attached hydrogens (tertiary/aromatic N) is 2. The zero-order chi connectivity index (χ0) is 17.3. The van der Waals surface area contributed by atoms with Crippen LogP contribution in [0.15, 0.2) is 53.4 Å². The number of imide groups is 1. The zero-order valence-corrected chi connectivity index (χ0v) is 13.4. The van der Waals surface area contributed by atoms with Gasteiger partial charge in [-0.3, -0.25) is 19.7 Å². The van der Waals surface area contributed by atoms with Crippen molar-refractivity contribution in [2.75, 3.05) is 4.90 Å². The van der Waals surface area contributed by atoms with Gasteiger partial charge in [0.05, 0.1) is 21.1 Å². The largest absolute Gasteiger partial charge is 0.298 e. The quantitative estimate of drug-likeness (QED) is 0.476. The number of anilines is 1. The van der Waals surface area contributed by atoms with Gasteiger partial charge in [0.15, 0.2) is 0 Å². The van der Waals surface area contributed by atoms with Gasteiger partial charge in [0, 0.05) is 6.07 Å². The molecule has 1 aliphatic heterocycles. The molecule has 1 heterocycles. The van der Waals surface area contributed by atoms with E-state index < -0.39 is 16.1 Å². The normalized spacial score (nSPS) is 16.0. The van der Waals surface area contributed by atoms with Gasteiger partial charge in [0.25, 0.3) is 16.8 Å². The van der Waals surface area contributed by atoms with Crippen molar-refractivity contribution in [2.24, 2.45) is 0 Å². The van der Waals surface area contributed by atoms with Gasteiger partial charge in [-0.05, 0) is 48.5 Å². The number of rotatable bonds is 3. The molecule has 0 radical (unpaired) electrons. The molecular formula is C17H12N2O4S. The van der Waals surface area contributed by atoms with Crippen molar-refractivity contribution in [3.63, 3.8) is 0 Å². The standard InChI is InChI=1S/C17H12N2O4S/c1-11-5-4-7-13(9-11)18-16(20)15(24-17(18)21)10-12-6-2-3-8-14(12)19(22)23/h2-10H,1H3/b15-10-. The Hall–Kier alpha value is -2.93. The number of nitro groups is 1. The van der Waals surface area contributed by atoms with Crippen LogP contribution in [0.1, 0.15) is 11.1 Å². The Morgan fingerprint density at radius 2 is 1.88 bits per heavy atom. The molecule has 0 aliphatic carbocycles. The van der Waals surface area contributed by atoms with Gasteiger partial charge in [0.1, 0.15) is 0 Å². The van der Waals surface area contributed by atoms with Crippen molar-refractivity contribution in [3.8, 4) is 0 Å². The van der Waals surface area contributed by atoms with Crippen molar-refractivity contribution in [2.45, 2.75) is 6.92 Å². The Labute approximate surface area is 141 Å². The molecular weight excluding hydrogens is 328 g/mol. The summed E-state index contributed by atoms with van der Waals surface area (Å²) < 4.78 is 0. The lowest BCUT2D eigenvalue weighted by Gasteiger charge is -2.12. The van der Waals surface area contributed by atoms with E-state index in [1.807, 2.05) is 13.0 Å². The van der Waals surface area contributed by atoms with Crippen LogP contribution in [0, 0.1) is 17.0 Å². The number of thioether (sulfide) groups is 1. The Kier molecular flexibility index (Phi) is 4.18. The first kappa shape index (κ1) is 15.9. The molecule has 0 aromatic heterocycles. The smallest absolute Gasteiger partial charge is 0.268 e. The van der Waals surface area contributed by atoms with Crippen molar-refractivity contribution in [1.29, 1.82) is 0 Å². The van der Waals surface area contributed by atoms with Crippen molar-refractivity contribution < 1.29 is 14.5 Å². The molecule has 0 saturated carbocycles. The molecule has 7 heteroatoms. The van der Waals surface area contributed by atoms with Crippen LogP contribution in [0.5, 0.6) is 0 Å². The lowest BCUT2D eigenvalue weighted by Crippen LogP contribution is -2.27. The number of amides is 2. The summed E-state index contributed by atoms with van der Waals surface area (Å²) in [5, 5.41) is 10.7. The molecule has 0 N–H and O–H groups in total. The summed E-state index contributed by atoms with van der Waals surface area (Å²) in [4.78, 5) is 36.6. The van der Waals surface area contributed by atoms with E-state index in [0.717, 1.165) is 22.2 Å². The van der Waals surface area contributed by atoms with E-state index in [9.17, 15) is 19.7 Å². The van der Waals surface area contributed by atoms with Crippen molar-refractivity contribution in [3.05, 3.63) is 74.7 Å². The fourth-order valence-corrected chi connectivity index (χ4v) is 3.21. The van der Waals surface area contributed by atoms with Crippen LogP contribution in [0.4, 0.5) is 16.2 Å². The van der Waals surface area contributed by atoms with Crippen molar-refractivity contribution >= 4 is 40.4 Å². The second-order valence-electron chi connectivity index (χ2n) is 5.17. The summed E-state index contributed by atoms with van der Waals surface area (Å²) in [5.74, 6) is -0.478. The second kappa shape index (κ2) is 6.29. The predicted molar refractivity (Wildman–Crippen MR) is 92.7 cm³/mol. The molecule has 6 nitrogen and oxygen atoms in total. The van der Waals surface area contributed by atoms with Gasteiger partial charge in [-0.1, -0.05) is 24.3 Å². The summed E-state index contributed by atoms with van der Waals surface area (Å²) in [6, 6.07) is 13.1. The monoisotopic (exact) mass is 340 g/mol. The molecule has 2 amide bonds. The molecule has 24 heavy (non-hydrogen) atoms. The van der Waals surface area contributed by atoms with E-state index in [0.29, 0.717) is 5.69 Å². The molecule has 0 spiro atoms. The van der Waals surface area contributed by atoms with E-state index in [-0.39, 0.29) is 16.2 Å². The highest BCUT2D eigenvalue weighted by Gasteiger charge is 2.36. The zero-order valence-electron chi connectivity index (χ0n) is 12.6. The number of carbonyl (C=O) groups is 2. The highest BCUT2D eigenvalue weighted by atomic mass is 32.2. The number of carbonyl (C=O) groups excluding carboxylic acids is 2. The molecule has 0 bridgehead atoms. The van der Waals surface area contributed by atoms with Crippen LogP contribution in [-0.4, -0.2) is 16.1 Å². The maximum atomic E-state index is 12.6. The molecule has 1 fully saturated rings. The molecule has 1 aliphatic rings. The first-order valence-electron chi connectivity index (χ1n) is 7.05. The molecule has 0 atom stereocenters. The molecule has 120 valence electrons. The number of nitro benzene ring substituents is 1. The lowest BCUT2D eigenvalue weighted by molar-refractivity contribution is -0.385. The highest BCUT2D eigenvalue weighted by Crippen LogP contribution is 2.36.